The van der Waals surface area contributed by atoms with Gasteiger partial charge in [-0.05, 0) is 88.7 Å². The van der Waals surface area contributed by atoms with E-state index in [4.69, 9.17) is 28.0 Å². The summed E-state index contributed by atoms with van der Waals surface area (Å²) in [7, 11) is 0. The summed E-state index contributed by atoms with van der Waals surface area (Å²) >= 11 is 1.52. The summed E-state index contributed by atoms with van der Waals surface area (Å²) in [5, 5.41) is 36.4. The zero-order chi connectivity index (χ0) is 50.1. The molecule has 1 aliphatic heterocycles. The van der Waals surface area contributed by atoms with E-state index >= 15 is 0 Å². The Balaban J connectivity index is 3.30. The lowest BCUT2D eigenvalue weighted by atomic mass is 9.96. The molecule has 8 amide bonds. The Labute approximate surface area is 390 Å². The standard InChI is InChI=1S/C41H75N13O11S/c1-7-23(4)32(53-34(58)26(13-10-17-46-41(44)45)50-37(61)31(22(2)3)52-33(57)25(43)15-19-66-6)38(62)51-27(12-8-9-16-42)39(63)54-18-11-14-29(54)36(60)47-20-30(56)49-28(21-55)35(59)48-24(5)40(64)65/h22-29,31-32,55H,7-21,42-43H2,1-6H3,(H,47,60)(H,48,59)(H,49,56)(H,50,61)(H,51,62)(H,52,57)(H,53,58)(H,64,65)(H4,44,45,46)/t23-,24-,25-,26-,27-,28-,29-,31-,32-/m0/s1. The Morgan fingerprint density at radius 3 is 1.95 bits per heavy atom. The third kappa shape index (κ3) is 20.5. The van der Waals surface area contributed by atoms with Crippen LogP contribution in [0, 0.1) is 11.8 Å². The van der Waals surface area contributed by atoms with Gasteiger partial charge < -0.3 is 75.3 Å². The van der Waals surface area contributed by atoms with E-state index in [1.165, 1.54) is 23.6 Å². The van der Waals surface area contributed by atoms with Crippen molar-refractivity contribution < 1.29 is 53.4 Å². The fraction of sp³-hybridized carbons (Fsp3) is 0.756. The average Bonchev–Trinajstić information content (AvgIpc) is 3.77. The Morgan fingerprint density at radius 2 is 1.38 bits per heavy atom. The van der Waals surface area contributed by atoms with Gasteiger partial charge in [-0.3, -0.25) is 48.1 Å². The highest BCUT2D eigenvalue weighted by Gasteiger charge is 2.40. The van der Waals surface area contributed by atoms with Crippen molar-refractivity contribution in [2.45, 2.75) is 141 Å². The molecular weight excluding hydrogens is 883 g/mol. The minimum absolute atomic E-state index is 0.0406. The number of hydrogen-bond donors (Lipinski definition) is 13. The number of thioether (sulfide) groups is 1. The van der Waals surface area contributed by atoms with Crippen LogP contribution in [0.2, 0.25) is 0 Å². The minimum Gasteiger partial charge on any atom is -0.480 e. The summed E-state index contributed by atoms with van der Waals surface area (Å²) in [6.45, 7) is 7.27. The first-order valence-electron chi connectivity index (χ1n) is 22.4. The van der Waals surface area contributed by atoms with Crippen LogP contribution >= 0.6 is 11.8 Å². The van der Waals surface area contributed by atoms with Crippen LogP contribution in [0.3, 0.4) is 0 Å². The number of carbonyl (C=O) groups is 9. The predicted octanol–water partition coefficient (Wildman–Crippen LogP) is -3.94. The van der Waals surface area contributed by atoms with Gasteiger partial charge in [-0.2, -0.15) is 11.8 Å². The number of aliphatic carboxylic acids is 1. The number of aliphatic imine (C=N–C) groups is 1. The molecule has 0 bridgehead atoms. The Morgan fingerprint density at radius 1 is 0.773 bits per heavy atom. The van der Waals surface area contributed by atoms with Crippen molar-refractivity contribution in [1.82, 2.24) is 42.1 Å². The van der Waals surface area contributed by atoms with E-state index in [0.29, 0.717) is 44.4 Å². The Hall–Kier alpha value is -5.27. The van der Waals surface area contributed by atoms with Gasteiger partial charge >= 0.3 is 5.97 Å². The molecule has 0 aliphatic carbocycles. The molecule has 0 radical (unpaired) electrons. The topological polar surface area (TPSA) is 398 Å². The van der Waals surface area contributed by atoms with Crippen LogP contribution < -0.4 is 60.2 Å². The number of nitrogens with one attached hydrogen (secondary N) is 7. The van der Waals surface area contributed by atoms with Crippen LogP contribution in [0.1, 0.15) is 92.4 Å². The third-order valence-electron chi connectivity index (χ3n) is 11.0. The summed E-state index contributed by atoms with van der Waals surface area (Å²) in [5.74, 6) is -7.43. The quantitative estimate of drug-likeness (QED) is 0.0179. The van der Waals surface area contributed by atoms with Crippen LogP contribution in [0.15, 0.2) is 4.99 Å². The molecule has 1 rings (SSSR count). The number of carboxylic acid groups (broad SMARTS) is 1. The van der Waals surface area contributed by atoms with Gasteiger partial charge in [0.1, 0.15) is 42.3 Å². The van der Waals surface area contributed by atoms with Gasteiger partial charge in [-0.15, -0.1) is 0 Å². The first-order valence-corrected chi connectivity index (χ1v) is 23.8. The zero-order valence-electron chi connectivity index (χ0n) is 39.1. The van der Waals surface area contributed by atoms with Crippen molar-refractivity contribution in [2.75, 3.05) is 44.8 Å². The van der Waals surface area contributed by atoms with E-state index in [9.17, 15) is 48.3 Å². The first-order chi connectivity index (χ1) is 31.1. The monoisotopic (exact) mass is 958 g/mol. The number of guanidine groups is 1. The smallest absolute Gasteiger partial charge is 0.325 e. The second kappa shape index (κ2) is 30.8. The molecule has 17 N–H and O–H groups in total. The summed E-state index contributed by atoms with van der Waals surface area (Å²) in [6.07, 6.45) is 4.68. The lowest BCUT2D eigenvalue weighted by Gasteiger charge is -2.32. The molecule has 0 aromatic heterocycles. The number of likely N-dealkylation sites (tertiary alicyclic amines) is 1. The van der Waals surface area contributed by atoms with Crippen LogP contribution in [-0.4, -0.2) is 167 Å². The SMILES string of the molecule is CC[C@H](C)[C@H](NC(=O)[C@H](CCCN=C(N)N)NC(=O)[C@@H](NC(=O)[C@@H](N)CCSC)C(C)C)C(=O)N[C@@H](CCCCN)C(=O)N1CCC[C@H]1C(=O)NCC(=O)N[C@@H](CO)C(=O)N[C@@H](C)C(=O)O. The average molecular weight is 958 g/mol. The number of hydrogen-bond acceptors (Lipinski definition) is 14. The van der Waals surface area contributed by atoms with E-state index in [2.05, 4.69) is 42.2 Å². The molecule has 376 valence electrons. The highest BCUT2D eigenvalue weighted by molar-refractivity contribution is 7.98. The molecule has 0 aromatic rings. The number of aliphatic hydroxyl groups excluding tert-OH is 1. The van der Waals surface area contributed by atoms with E-state index in [1.54, 1.807) is 20.8 Å². The van der Waals surface area contributed by atoms with Crippen LogP contribution in [0.5, 0.6) is 0 Å². The van der Waals surface area contributed by atoms with Crippen LogP contribution in [-0.2, 0) is 43.2 Å². The van der Waals surface area contributed by atoms with Gasteiger partial charge in [0.2, 0.25) is 47.3 Å². The van der Waals surface area contributed by atoms with E-state index in [-0.39, 0.29) is 44.7 Å². The number of amides is 8. The molecule has 24 nitrogen and oxygen atoms in total. The van der Waals surface area contributed by atoms with Gasteiger partial charge in [-0.25, -0.2) is 0 Å². The van der Waals surface area contributed by atoms with Gasteiger partial charge in [-0.1, -0.05) is 34.1 Å². The Kier molecular flexibility index (Phi) is 27.5. The molecule has 66 heavy (non-hydrogen) atoms. The number of carbonyl (C=O) groups excluding carboxylic acids is 8. The molecule has 1 heterocycles. The van der Waals surface area contributed by atoms with Crippen LogP contribution in [0.25, 0.3) is 0 Å². The maximum Gasteiger partial charge on any atom is 0.325 e. The summed E-state index contributed by atoms with van der Waals surface area (Å²) in [5.41, 5.74) is 22.8. The summed E-state index contributed by atoms with van der Waals surface area (Å²) in [4.78, 5) is 124. The number of aliphatic hydroxyl groups is 1. The lowest BCUT2D eigenvalue weighted by molar-refractivity contribution is -0.142. The number of nitrogens with two attached hydrogens (primary N) is 4. The highest BCUT2D eigenvalue weighted by Crippen LogP contribution is 2.21. The number of carboxylic acids is 1. The first kappa shape index (κ1) is 58.7. The molecule has 1 fully saturated rings. The van der Waals surface area contributed by atoms with Crippen molar-refractivity contribution in [3.8, 4) is 0 Å². The largest absolute Gasteiger partial charge is 0.480 e. The minimum atomic E-state index is -1.50. The van der Waals surface area contributed by atoms with Crippen molar-refractivity contribution in [3.63, 3.8) is 0 Å². The summed E-state index contributed by atoms with van der Waals surface area (Å²) < 4.78 is 0. The molecular formula is C41H75N13O11S. The van der Waals surface area contributed by atoms with Gasteiger partial charge in [0.25, 0.3) is 0 Å². The van der Waals surface area contributed by atoms with E-state index < -0.39 is 127 Å². The fourth-order valence-electron chi connectivity index (χ4n) is 6.78. The Bertz CT molecular complexity index is 1670. The summed E-state index contributed by atoms with van der Waals surface area (Å²) in [6, 6.07) is -9.32. The van der Waals surface area contributed by atoms with Crippen molar-refractivity contribution >= 4 is 70.9 Å². The molecule has 0 aromatic carbocycles. The number of rotatable bonds is 31. The van der Waals surface area contributed by atoms with Gasteiger partial charge in [0.05, 0.1) is 19.2 Å². The van der Waals surface area contributed by atoms with E-state index in [1.807, 2.05) is 13.2 Å². The van der Waals surface area contributed by atoms with Crippen molar-refractivity contribution in [1.29, 1.82) is 0 Å². The molecule has 1 aliphatic rings. The second-order valence-electron chi connectivity index (χ2n) is 16.6. The molecule has 1 saturated heterocycles. The van der Waals surface area contributed by atoms with Gasteiger partial charge in [0, 0.05) is 13.1 Å². The number of nitrogens with zero attached hydrogens (tertiary/aromatic N) is 2. The predicted molar refractivity (Wildman–Crippen MR) is 248 cm³/mol. The van der Waals surface area contributed by atoms with E-state index in [0.717, 1.165) is 0 Å². The lowest BCUT2D eigenvalue weighted by Crippen LogP contribution is -2.61. The highest BCUT2D eigenvalue weighted by atomic mass is 32.2. The number of unbranched alkanes of at least 4 members (excludes halogenated alkanes) is 1. The maximum absolute atomic E-state index is 14.2. The molecule has 25 heteroatoms. The molecule has 0 saturated carbocycles. The normalized spacial score (nSPS) is 17.1. The molecule has 0 unspecified atom stereocenters. The van der Waals surface area contributed by atoms with Crippen molar-refractivity contribution in [2.24, 2.45) is 39.8 Å². The van der Waals surface area contributed by atoms with Gasteiger partial charge in [0.15, 0.2) is 5.96 Å². The zero-order valence-corrected chi connectivity index (χ0v) is 39.9. The third-order valence-corrected chi connectivity index (χ3v) is 11.6. The molecule has 9 atom stereocenters. The second-order valence-corrected chi connectivity index (χ2v) is 17.6. The fourth-order valence-corrected chi connectivity index (χ4v) is 7.27. The molecule has 0 spiro atoms. The maximum atomic E-state index is 14.2. The van der Waals surface area contributed by atoms with Crippen LogP contribution in [0.4, 0.5) is 0 Å². The van der Waals surface area contributed by atoms with Crippen molar-refractivity contribution in [3.05, 3.63) is 0 Å².